The third kappa shape index (κ3) is 6.85. The molecule has 0 bridgehead atoms. The van der Waals surface area contributed by atoms with Crippen molar-refractivity contribution >= 4 is 12.0 Å². The maximum atomic E-state index is 13.1. The van der Waals surface area contributed by atoms with E-state index >= 15 is 0 Å². The third-order valence-electron chi connectivity index (χ3n) is 7.23. The van der Waals surface area contributed by atoms with Crippen LogP contribution in [-0.2, 0) is 25.6 Å². The molecule has 1 aromatic carbocycles. The van der Waals surface area contributed by atoms with E-state index in [9.17, 15) is 9.59 Å². The fourth-order valence-electron chi connectivity index (χ4n) is 5.45. The zero-order chi connectivity index (χ0) is 24.9. The van der Waals surface area contributed by atoms with Gasteiger partial charge < -0.3 is 24.4 Å². The highest BCUT2D eigenvalue weighted by molar-refractivity contribution is 5.89. The molecule has 3 aliphatic rings. The van der Waals surface area contributed by atoms with Crippen molar-refractivity contribution in [2.24, 2.45) is 0 Å². The monoisotopic (exact) mass is 484 g/mol. The summed E-state index contributed by atoms with van der Waals surface area (Å²) in [5.41, 5.74) is 0.0945. The second-order valence-electron chi connectivity index (χ2n) is 11.1. The number of nitrogens with one attached hydrogen (secondary N) is 1. The van der Waals surface area contributed by atoms with Crippen LogP contribution < -0.4 is 5.32 Å². The van der Waals surface area contributed by atoms with Gasteiger partial charge in [-0.3, -0.25) is 4.79 Å². The highest BCUT2D eigenvalue weighted by atomic mass is 16.6. The lowest BCUT2D eigenvalue weighted by Crippen LogP contribution is -2.68. The molecule has 2 aliphatic heterocycles. The Morgan fingerprint density at radius 1 is 1.09 bits per heavy atom. The van der Waals surface area contributed by atoms with Crippen LogP contribution in [-0.4, -0.2) is 59.4 Å². The maximum absolute atomic E-state index is 13.1. The average Bonchev–Trinajstić information content (AvgIpc) is 2.82. The molecule has 4 rings (SSSR count). The number of likely N-dealkylation sites (tertiary alicyclic amines) is 1. The lowest BCUT2D eigenvalue weighted by Gasteiger charge is -2.51. The Kier molecular flexibility index (Phi) is 8.17. The van der Waals surface area contributed by atoms with Crippen molar-refractivity contribution in [2.75, 3.05) is 13.2 Å². The summed E-state index contributed by atoms with van der Waals surface area (Å²) >= 11 is 0. The molecule has 192 valence electrons. The summed E-state index contributed by atoms with van der Waals surface area (Å²) in [6.45, 7) is 7.25. The van der Waals surface area contributed by atoms with Gasteiger partial charge >= 0.3 is 6.09 Å². The minimum atomic E-state index is -0.582. The summed E-state index contributed by atoms with van der Waals surface area (Å²) in [5, 5.41) is 3.18. The van der Waals surface area contributed by atoms with Gasteiger partial charge in [0.25, 0.3) is 0 Å². The number of rotatable bonds is 6. The Morgan fingerprint density at radius 2 is 1.77 bits per heavy atom. The predicted octanol–water partition coefficient (Wildman–Crippen LogP) is 4.75. The van der Waals surface area contributed by atoms with Crippen LogP contribution >= 0.6 is 0 Å². The molecule has 0 radical (unpaired) electrons. The largest absolute Gasteiger partial charge is 0.444 e. The molecular formula is C28H40N2O5. The summed E-state index contributed by atoms with van der Waals surface area (Å²) in [7, 11) is 0. The summed E-state index contributed by atoms with van der Waals surface area (Å²) in [6.07, 6.45) is 9.62. The highest BCUT2D eigenvalue weighted by Crippen LogP contribution is 2.35. The lowest BCUT2D eigenvalue weighted by molar-refractivity contribution is -0.123. The van der Waals surface area contributed by atoms with Crippen molar-refractivity contribution in [1.82, 2.24) is 10.2 Å². The van der Waals surface area contributed by atoms with Gasteiger partial charge in [0.15, 0.2) is 0 Å². The minimum absolute atomic E-state index is 0.108. The molecule has 0 unspecified atom stereocenters. The number of hydrogen-bond donors (Lipinski definition) is 1. The summed E-state index contributed by atoms with van der Waals surface area (Å²) in [6, 6.07) is 9.99. The Morgan fingerprint density at radius 3 is 2.43 bits per heavy atom. The molecule has 2 heterocycles. The first-order chi connectivity index (χ1) is 16.7. The van der Waals surface area contributed by atoms with E-state index in [1.165, 1.54) is 5.56 Å². The fraction of sp³-hybridized carbons (Fsp3) is 0.643. The summed E-state index contributed by atoms with van der Waals surface area (Å²) in [4.78, 5) is 27.2. The lowest BCUT2D eigenvalue weighted by atomic mass is 9.77. The van der Waals surface area contributed by atoms with Crippen LogP contribution in [0.5, 0.6) is 0 Å². The van der Waals surface area contributed by atoms with Crippen LogP contribution in [0.2, 0.25) is 0 Å². The van der Waals surface area contributed by atoms with Crippen LogP contribution in [0.3, 0.4) is 0 Å². The van der Waals surface area contributed by atoms with E-state index in [0.29, 0.717) is 26.2 Å². The van der Waals surface area contributed by atoms with Gasteiger partial charge in [0.1, 0.15) is 5.60 Å². The van der Waals surface area contributed by atoms with E-state index in [4.69, 9.17) is 14.2 Å². The number of benzene rings is 1. The fourth-order valence-corrected chi connectivity index (χ4v) is 5.45. The Labute approximate surface area is 209 Å². The van der Waals surface area contributed by atoms with Gasteiger partial charge in [-0.2, -0.15) is 0 Å². The number of amides is 2. The van der Waals surface area contributed by atoms with Crippen LogP contribution in [0.25, 0.3) is 0 Å². The van der Waals surface area contributed by atoms with Gasteiger partial charge in [-0.25, -0.2) is 4.79 Å². The van der Waals surface area contributed by atoms with E-state index < -0.39 is 11.1 Å². The molecule has 2 fully saturated rings. The van der Waals surface area contributed by atoms with Crippen molar-refractivity contribution in [3.8, 4) is 0 Å². The molecule has 1 saturated carbocycles. The first-order valence-electron chi connectivity index (χ1n) is 13.0. The van der Waals surface area contributed by atoms with Gasteiger partial charge in [0.2, 0.25) is 5.91 Å². The Balaban J connectivity index is 1.35. The molecule has 0 aromatic heterocycles. The summed E-state index contributed by atoms with van der Waals surface area (Å²) in [5.74, 6) is -0.108. The average molecular weight is 485 g/mol. The van der Waals surface area contributed by atoms with Gasteiger partial charge in [-0.1, -0.05) is 36.4 Å². The van der Waals surface area contributed by atoms with Crippen LogP contribution in [0.4, 0.5) is 4.79 Å². The van der Waals surface area contributed by atoms with Crippen LogP contribution in [0.15, 0.2) is 42.5 Å². The Hall–Kier alpha value is -2.38. The number of hydrogen-bond acceptors (Lipinski definition) is 5. The molecule has 7 nitrogen and oxygen atoms in total. The molecule has 1 aromatic rings. The van der Waals surface area contributed by atoms with Gasteiger partial charge in [0, 0.05) is 6.54 Å². The van der Waals surface area contributed by atoms with E-state index in [-0.39, 0.29) is 30.3 Å². The van der Waals surface area contributed by atoms with Crippen molar-refractivity contribution < 1.29 is 23.8 Å². The molecule has 2 amide bonds. The van der Waals surface area contributed by atoms with E-state index in [1.54, 1.807) is 11.0 Å². The van der Waals surface area contributed by atoms with E-state index in [2.05, 4.69) is 17.4 Å². The molecule has 35 heavy (non-hydrogen) atoms. The smallest absolute Gasteiger partial charge is 0.410 e. The molecule has 1 spiro atoms. The van der Waals surface area contributed by atoms with Crippen molar-refractivity contribution in [3.63, 3.8) is 0 Å². The number of nitrogens with zero attached hydrogens (tertiary/aromatic N) is 1. The van der Waals surface area contributed by atoms with Crippen molar-refractivity contribution in [1.29, 1.82) is 0 Å². The molecule has 1 N–H and O–H groups in total. The number of piperidine rings is 1. The second kappa shape index (κ2) is 11.1. The third-order valence-corrected chi connectivity index (χ3v) is 7.23. The van der Waals surface area contributed by atoms with Crippen molar-refractivity contribution in [3.05, 3.63) is 48.0 Å². The maximum Gasteiger partial charge on any atom is 0.410 e. The molecule has 2 atom stereocenters. The minimum Gasteiger partial charge on any atom is -0.444 e. The zero-order valence-electron chi connectivity index (χ0n) is 21.3. The topological polar surface area (TPSA) is 77.1 Å². The SMILES string of the molecule is CC(C)(C)OC(=O)N1CCC[C@@]2(CC=CC(=O)N2)[C@@H]1COC1CCC(OCc2ccccc2)CC1. The van der Waals surface area contributed by atoms with Gasteiger partial charge in [-0.05, 0) is 77.4 Å². The second-order valence-corrected chi connectivity index (χ2v) is 11.1. The molecule has 1 aliphatic carbocycles. The molecule has 1 saturated heterocycles. The number of ether oxygens (including phenoxy) is 3. The normalized spacial score (nSPS) is 29.2. The highest BCUT2D eigenvalue weighted by Gasteiger charge is 2.48. The Bertz CT molecular complexity index is 888. The summed E-state index contributed by atoms with van der Waals surface area (Å²) < 4.78 is 18.3. The van der Waals surface area contributed by atoms with Crippen LogP contribution in [0.1, 0.15) is 71.3 Å². The predicted molar refractivity (Wildman–Crippen MR) is 134 cm³/mol. The zero-order valence-corrected chi connectivity index (χ0v) is 21.3. The molecular weight excluding hydrogens is 444 g/mol. The van der Waals surface area contributed by atoms with E-state index in [0.717, 1.165) is 38.5 Å². The van der Waals surface area contributed by atoms with Gasteiger partial charge in [0.05, 0.1) is 37.0 Å². The van der Waals surface area contributed by atoms with Gasteiger partial charge in [-0.15, -0.1) is 0 Å². The van der Waals surface area contributed by atoms with E-state index in [1.807, 2.05) is 45.0 Å². The quantitative estimate of drug-likeness (QED) is 0.631. The number of carbonyl (C=O) groups excluding carboxylic acids is 2. The number of carbonyl (C=O) groups is 2. The molecule has 7 heteroatoms. The first-order valence-corrected chi connectivity index (χ1v) is 13.0. The standard InChI is InChI=1S/C28H40N2O5/c1-27(2,3)35-26(32)30-18-8-17-28(16-7-11-25(31)29-28)24(30)20-34-23-14-12-22(13-15-23)33-19-21-9-5-4-6-10-21/h4-7,9-11,22-24H,8,12-20H2,1-3H3,(H,29,31)/t22?,23?,24-,28-/m0/s1. The van der Waals surface area contributed by atoms with Crippen LogP contribution in [0, 0.1) is 0 Å². The first kappa shape index (κ1) is 25.7. The van der Waals surface area contributed by atoms with Crippen molar-refractivity contribution in [2.45, 2.75) is 102 Å².